The number of hydrogen-bond acceptors (Lipinski definition) is 2. The number of carbonyl (C=O) groups is 1. The van der Waals surface area contributed by atoms with Gasteiger partial charge < -0.3 is 10.7 Å². The molecule has 0 fully saturated rings. The van der Waals surface area contributed by atoms with Crippen LogP contribution < -0.4 is 5.73 Å². The smallest absolute Gasteiger partial charge is 0.269 e. The lowest BCUT2D eigenvalue weighted by molar-refractivity contribution is 0.0997. The molecule has 0 saturated heterocycles. The van der Waals surface area contributed by atoms with E-state index in [1.54, 1.807) is 0 Å². The number of nitrogens with two attached hydrogens (primary N) is 1. The predicted octanol–water partition coefficient (Wildman–Crippen LogP) is 0.801. The summed E-state index contributed by atoms with van der Waals surface area (Å²) in [5.41, 5.74) is 5.44. The molecule has 3 N–H and O–H groups in total. The van der Waals surface area contributed by atoms with E-state index in [-0.39, 0.29) is 5.69 Å². The monoisotopic (exact) mass is 179 g/mol. The molecule has 0 aliphatic rings. The second-order valence-corrected chi connectivity index (χ2v) is 2.59. The average Bonchev–Trinajstić information content (AvgIpc) is 2.53. The second kappa shape index (κ2) is 2.55. The van der Waals surface area contributed by atoms with Crippen LogP contribution in [-0.4, -0.2) is 15.9 Å². The van der Waals surface area contributed by atoms with Crippen LogP contribution in [0.1, 0.15) is 10.5 Å². The third kappa shape index (κ3) is 1.05. The van der Waals surface area contributed by atoms with Crippen molar-refractivity contribution in [3.05, 3.63) is 30.0 Å². The van der Waals surface area contributed by atoms with Crippen molar-refractivity contribution in [2.75, 3.05) is 0 Å². The molecular weight excluding hydrogens is 173 g/mol. The van der Waals surface area contributed by atoms with Gasteiger partial charge in [0.1, 0.15) is 0 Å². The van der Waals surface area contributed by atoms with Crippen LogP contribution in [0.2, 0.25) is 0 Å². The average molecular weight is 179 g/mol. The molecule has 0 saturated carbocycles. The third-order valence-electron chi connectivity index (χ3n) is 1.78. The van der Waals surface area contributed by atoms with E-state index in [9.17, 15) is 9.18 Å². The SMILES string of the molecule is NC(=O)c1ncc(F)c2cc[nH]c12. The number of fused-ring (bicyclic) bond motifs is 1. The Morgan fingerprint density at radius 2 is 2.38 bits per heavy atom. The highest BCUT2D eigenvalue weighted by Gasteiger charge is 2.11. The lowest BCUT2D eigenvalue weighted by atomic mass is 10.2. The molecule has 2 heterocycles. The Kier molecular flexibility index (Phi) is 1.51. The Morgan fingerprint density at radius 3 is 3.08 bits per heavy atom. The van der Waals surface area contributed by atoms with Crippen molar-refractivity contribution < 1.29 is 9.18 Å². The molecule has 4 nitrogen and oxygen atoms in total. The van der Waals surface area contributed by atoms with Gasteiger partial charge in [0.05, 0.1) is 11.7 Å². The number of amides is 1. The van der Waals surface area contributed by atoms with Crippen LogP contribution in [0.15, 0.2) is 18.5 Å². The van der Waals surface area contributed by atoms with Gasteiger partial charge in [-0.25, -0.2) is 9.37 Å². The highest BCUT2D eigenvalue weighted by Crippen LogP contribution is 2.17. The maximum absolute atomic E-state index is 13.0. The summed E-state index contributed by atoms with van der Waals surface area (Å²) in [6.45, 7) is 0. The molecule has 66 valence electrons. The van der Waals surface area contributed by atoms with Crippen LogP contribution in [-0.2, 0) is 0 Å². The van der Waals surface area contributed by atoms with Gasteiger partial charge in [-0.2, -0.15) is 0 Å². The largest absolute Gasteiger partial charge is 0.364 e. The maximum Gasteiger partial charge on any atom is 0.269 e. The van der Waals surface area contributed by atoms with Gasteiger partial charge in [0, 0.05) is 11.6 Å². The van der Waals surface area contributed by atoms with E-state index in [2.05, 4.69) is 9.97 Å². The van der Waals surface area contributed by atoms with E-state index in [0.717, 1.165) is 6.20 Å². The molecule has 13 heavy (non-hydrogen) atoms. The van der Waals surface area contributed by atoms with Crippen molar-refractivity contribution in [1.82, 2.24) is 9.97 Å². The quantitative estimate of drug-likeness (QED) is 0.679. The fourth-order valence-corrected chi connectivity index (χ4v) is 1.21. The van der Waals surface area contributed by atoms with Gasteiger partial charge in [-0.15, -0.1) is 0 Å². The number of aromatic amines is 1. The molecule has 0 aliphatic carbocycles. The summed E-state index contributed by atoms with van der Waals surface area (Å²) in [6.07, 6.45) is 2.51. The molecule has 1 amide bonds. The van der Waals surface area contributed by atoms with Crippen molar-refractivity contribution in [1.29, 1.82) is 0 Å². The van der Waals surface area contributed by atoms with E-state index in [1.807, 2.05) is 0 Å². The zero-order valence-electron chi connectivity index (χ0n) is 6.54. The van der Waals surface area contributed by atoms with E-state index < -0.39 is 11.7 Å². The molecule has 5 heteroatoms. The lowest BCUT2D eigenvalue weighted by Gasteiger charge is -1.97. The zero-order valence-corrected chi connectivity index (χ0v) is 6.54. The van der Waals surface area contributed by atoms with Crippen molar-refractivity contribution in [2.45, 2.75) is 0 Å². The van der Waals surface area contributed by atoms with E-state index in [4.69, 9.17) is 5.73 Å². The van der Waals surface area contributed by atoms with Crippen LogP contribution >= 0.6 is 0 Å². The van der Waals surface area contributed by atoms with Crippen molar-refractivity contribution in [3.63, 3.8) is 0 Å². The van der Waals surface area contributed by atoms with Crippen LogP contribution in [0.5, 0.6) is 0 Å². The summed E-state index contributed by atoms with van der Waals surface area (Å²) in [7, 11) is 0. The van der Waals surface area contributed by atoms with Crippen molar-refractivity contribution in [2.24, 2.45) is 5.73 Å². The van der Waals surface area contributed by atoms with E-state index >= 15 is 0 Å². The number of hydrogen-bond donors (Lipinski definition) is 2. The number of rotatable bonds is 1. The zero-order chi connectivity index (χ0) is 9.42. The Labute approximate surface area is 72.6 Å². The highest BCUT2D eigenvalue weighted by molar-refractivity contribution is 6.02. The normalized spacial score (nSPS) is 10.5. The molecule has 2 rings (SSSR count). The summed E-state index contributed by atoms with van der Waals surface area (Å²) in [6, 6.07) is 1.53. The van der Waals surface area contributed by atoms with Gasteiger partial charge in [0.15, 0.2) is 11.5 Å². The Bertz CT molecular complexity index is 477. The van der Waals surface area contributed by atoms with Crippen LogP contribution in [0.4, 0.5) is 4.39 Å². The third-order valence-corrected chi connectivity index (χ3v) is 1.78. The number of pyridine rings is 1. The van der Waals surface area contributed by atoms with Gasteiger partial charge in [-0.3, -0.25) is 4.79 Å². The first-order chi connectivity index (χ1) is 6.20. The minimum Gasteiger partial charge on any atom is -0.364 e. The fraction of sp³-hybridized carbons (Fsp3) is 0. The van der Waals surface area contributed by atoms with Gasteiger partial charge in [0.25, 0.3) is 5.91 Å². The summed E-state index contributed by atoms with van der Waals surface area (Å²) < 4.78 is 13.0. The Hall–Kier alpha value is -1.91. The van der Waals surface area contributed by atoms with Crippen LogP contribution in [0.25, 0.3) is 10.9 Å². The van der Waals surface area contributed by atoms with Gasteiger partial charge in [-0.05, 0) is 6.07 Å². The van der Waals surface area contributed by atoms with Crippen molar-refractivity contribution >= 4 is 16.8 Å². The molecule has 0 atom stereocenters. The van der Waals surface area contributed by atoms with E-state index in [0.29, 0.717) is 10.9 Å². The van der Waals surface area contributed by atoms with Crippen LogP contribution in [0.3, 0.4) is 0 Å². The number of primary amides is 1. The standard InChI is InChI=1S/C8H6FN3O/c9-5-3-12-7(8(10)13)6-4(5)1-2-11-6/h1-3,11H,(H2,10,13). The summed E-state index contributed by atoms with van der Waals surface area (Å²) in [5, 5.41) is 0.323. The number of H-pyrrole nitrogens is 1. The molecule has 2 aromatic rings. The molecular formula is C8H6FN3O. The number of nitrogens with zero attached hydrogens (tertiary/aromatic N) is 1. The van der Waals surface area contributed by atoms with Crippen LogP contribution in [0, 0.1) is 5.82 Å². The minimum absolute atomic E-state index is 0.0569. The molecule has 2 aromatic heterocycles. The minimum atomic E-state index is -0.674. The summed E-state index contributed by atoms with van der Waals surface area (Å²) >= 11 is 0. The summed E-state index contributed by atoms with van der Waals surface area (Å²) in [4.78, 5) is 17.1. The molecule has 0 bridgehead atoms. The lowest BCUT2D eigenvalue weighted by Crippen LogP contribution is -2.13. The Balaban J connectivity index is 2.86. The van der Waals surface area contributed by atoms with Gasteiger partial charge in [-0.1, -0.05) is 0 Å². The number of aromatic nitrogens is 2. The van der Waals surface area contributed by atoms with E-state index in [1.165, 1.54) is 12.3 Å². The fourth-order valence-electron chi connectivity index (χ4n) is 1.21. The summed E-state index contributed by atoms with van der Waals surface area (Å²) in [5.74, 6) is -1.14. The Morgan fingerprint density at radius 1 is 1.62 bits per heavy atom. The maximum atomic E-state index is 13.0. The molecule has 0 spiro atoms. The van der Waals surface area contributed by atoms with Gasteiger partial charge >= 0.3 is 0 Å². The predicted molar refractivity (Wildman–Crippen MR) is 44.6 cm³/mol. The number of nitrogens with one attached hydrogen (secondary N) is 1. The van der Waals surface area contributed by atoms with Crippen molar-refractivity contribution in [3.8, 4) is 0 Å². The second-order valence-electron chi connectivity index (χ2n) is 2.59. The first kappa shape index (κ1) is 7.72. The molecule has 0 radical (unpaired) electrons. The van der Waals surface area contributed by atoms with Gasteiger partial charge in [0.2, 0.25) is 0 Å². The topological polar surface area (TPSA) is 71.8 Å². The molecule has 0 aliphatic heterocycles. The first-order valence-electron chi connectivity index (χ1n) is 3.61. The first-order valence-corrected chi connectivity index (χ1v) is 3.61. The number of halogens is 1. The molecule has 0 unspecified atom stereocenters. The molecule has 0 aromatic carbocycles. The number of carbonyl (C=O) groups excluding carboxylic acids is 1. The highest BCUT2D eigenvalue weighted by atomic mass is 19.1.